The summed E-state index contributed by atoms with van der Waals surface area (Å²) in [6, 6.07) is 4.67. The molecule has 2 fully saturated rings. The third kappa shape index (κ3) is 6.58. The number of hydrogen-bond acceptors (Lipinski definition) is 3. The Balaban J connectivity index is 1.61. The van der Waals surface area contributed by atoms with E-state index in [4.69, 9.17) is 0 Å². The molecule has 2 aromatic rings. The number of likely N-dealkylation sites (tertiary alicyclic amines) is 2. The van der Waals surface area contributed by atoms with Gasteiger partial charge < -0.3 is 9.80 Å². The zero-order valence-electron chi connectivity index (χ0n) is 23.8. The molecule has 2 aliphatic heterocycles. The van der Waals surface area contributed by atoms with Gasteiger partial charge >= 0.3 is 12.4 Å². The van der Waals surface area contributed by atoms with E-state index in [2.05, 4.69) is 4.90 Å². The monoisotopic (exact) mass is 601 g/mol. The third-order valence-electron chi connectivity index (χ3n) is 8.65. The van der Waals surface area contributed by atoms with Crippen molar-refractivity contribution in [3.63, 3.8) is 0 Å². The molecule has 230 valence electrons. The minimum Gasteiger partial charge on any atom is -0.339 e. The first-order chi connectivity index (χ1) is 19.5. The van der Waals surface area contributed by atoms with Crippen molar-refractivity contribution >= 4 is 11.8 Å². The Morgan fingerprint density at radius 2 is 1.57 bits per heavy atom. The van der Waals surface area contributed by atoms with E-state index in [0.29, 0.717) is 56.7 Å². The number of halogens is 7. The van der Waals surface area contributed by atoms with Crippen LogP contribution in [0.4, 0.5) is 30.7 Å². The summed E-state index contributed by atoms with van der Waals surface area (Å²) in [5, 5.41) is 0. The quantitative estimate of drug-likeness (QED) is 0.359. The lowest BCUT2D eigenvalue weighted by Crippen LogP contribution is -2.63. The maximum absolute atomic E-state index is 14.0. The van der Waals surface area contributed by atoms with Crippen LogP contribution in [0, 0.1) is 18.7 Å². The summed E-state index contributed by atoms with van der Waals surface area (Å²) in [6.07, 6.45) is -9.22. The Morgan fingerprint density at radius 1 is 0.976 bits per heavy atom. The van der Waals surface area contributed by atoms with Crippen LogP contribution in [-0.2, 0) is 21.9 Å². The van der Waals surface area contributed by atoms with Crippen molar-refractivity contribution in [3.05, 3.63) is 70.0 Å². The average Bonchev–Trinajstić information content (AvgIpc) is 2.89. The summed E-state index contributed by atoms with van der Waals surface area (Å²) >= 11 is 0. The minimum absolute atomic E-state index is 0.0566. The Labute approximate surface area is 240 Å². The molecule has 0 N–H and O–H groups in total. The highest BCUT2D eigenvalue weighted by atomic mass is 19.4. The molecule has 0 radical (unpaired) electrons. The zero-order chi connectivity index (χ0) is 31.1. The van der Waals surface area contributed by atoms with E-state index >= 15 is 0 Å². The van der Waals surface area contributed by atoms with Crippen LogP contribution in [0.25, 0.3) is 0 Å². The topological polar surface area (TPSA) is 43.9 Å². The molecule has 0 aromatic heterocycles. The number of rotatable bonds is 6. The molecule has 2 aliphatic rings. The Kier molecular flexibility index (Phi) is 8.97. The minimum atomic E-state index is -5.00. The predicted octanol–water partition coefficient (Wildman–Crippen LogP) is 6.42. The molecule has 4 rings (SSSR count). The number of piperidine rings is 1. The smallest absolute Gasteiger partial charge is 0.339 e. The van der Waals surface area contributed by atoms with Crippen molar-refractivity contribution in [1.29, 1.82) is 0 Å². The van der Waals surface area contributed by atoms with Gasteiger partial charge in [-0.2, -0.15) is 26.3 Å². The fraction of sp³-hybridized carbons (Fsp3) is 0.533. The number of benzene rings is 2. The molecular formula is C30H34F7N3O2. The summed E-state index contributed by atoms with van der Waals surface area (Å²) in [5.74, 6) is -1.83. The second-order valence-electron chi connectivity index (χ2n) is 11.3. The molecule has 42 heavy (non-hydrogen) atoms. The first-order valence-corrected chi connectivity index (χ1v) is 13.8. The van der Waals surface area contributed by atoms with Crippen LogP contribution in [0.2, 0.25) is 0 Å². The highest BCUT2D eigenvalue weighted by Gasteiger charge is 2.43. The van der Waals surface area contributed by atoms with Crippen molar-refractivity contribution < 1.29 is 40.3 Å². The fourth-order valence-electron chi connectivity index (χ4n) is 5.98. The third-order valence-corrected chi connectivity index (χ3v) is 8.65. The maximum atomic E-state index is 14.0. The predicted molar refractivity (Wildman–Crippen MR) is 142 cm³/mol. The lowest BCUT2D eigenvalue weighted by Gasteiger charge is -2.50. The van der Waals surface area contributed by atoms with Crippen molar-refractivity contribution in [2.75, 3.05) is 33.2 Å². The zero-order valence-corrected chi connectivity index (χ0v) is 23.8. The molecule has 12 heteroatoms. The van der Waals surface area contributed by atoms with E-state index in [1.54, 1.807) is 24.8 Å². The van der Waals surface area contributed by atoms with Crippen LogP contribution in [0.5, 0.6) is 0 Å². The maximum Gasteiger partial charge on any atom is 0.416 e. The number of amides is 2. The number of hydrogen-bond donors (Lipinski definition) is 0. The molecule has 3 atom stereocenters. The second-order valence-corrected chi connectivity index (χ2v) is 11.3. The standard InChI is InChI=1S/C30H34F7N3O2/c1-5-27(41)40-14-23(15-40)39-9-8-25(26(16-39)24-7-6-22(31)10-17(24)2)28(42)38(4)18(3)19-11-20(29(32,33)34)13-21(12-19)30(35,36)37/h6-7,10-13,18,23,25-26H,5,8-9,14-16H2,1-4H3/t18-,25-,26+/m0/s1. The summed E-state index contributed by atoms with van der Waals surface area (Å²) in [5.41, 5.74) is -1.78. The number of carbonyl (C=O) groups is 2. The van der Waals surface area contributed by atoms with Gasteiger partial charge in [0.05, 0.1) is 17.2 Å². The van der Waals surface area contributed by atoms with Crippen molar-refractivity contribution in [2.24, 2.45) is 5.92 Å². The lowest BCUT2D eigenvalue weighted by atomic mass is 9.77. The molecule has 0 aliphatic carbocycles. The highest BCUT2D eigenvalue weighted by molar-refractivity contribution is 5.80. The first-order valence-electron chi connectivity index (χ1n) is 13.8. The van der Waals surface area contributed by atoms with Gasteiger partial charge in [-0.1, -0.05) is 13.0 Å². The van der Waals surface area contributed by atoms with Gasteiger partial charge in [-0.15, -0.1) is 0 Å². The van der Waals surface area contributed by atoms with Gasteiger partial charge in [-0.25, -0.2) is 4.39 Å². The molecule has 2 saturated heterocycles. The van der Waals surface area contributed by atoms with Gasteiger partial charge in [0.2, 0.25) is 11.8 Å². The molecule has 5 nitrogen and oxygen atoms in total. The van der Waals surface area contributed by atoms with Crippen LogP contribution in [0.1, 0.15) is 66.5 Å². The first kappa shape index (κ1) is 31.8. The molecule has 0 spiro atoms. The van der Waals surface area contributed by atoms with E-state index < -0.39 is 53.1 Å². The Bertz CT molecular complexity index is 1290. The van der Waals surface area contributed by atoms with E-state index in [1.807, 2.05) is 0 Å². The van der Waals surface area contributed by atoms with Gasteiger partial charge in [0.15, 0.2) is 0 Å². The summed E-state index contributed by atoms with van der Waals surface area (Å²) in [6.45, 7) is 7.01. The molecule has 0 unspecified atom stereocenters. The SMILES string of the molecule is CCC(=O)N1CC(N2CC[C@H](C(=O)N(C)[C@@H](C)c3cc(C(F)(F)F)cc(C(F)(F)F)c3)[C@@H](c3ccc(F)cc3C)C2)C1. The molecular weight excluding hydrogens is 567 g/mol. The van der Waals surface area contributed by atoms with Crippen molar-refractivity contribution in [2.45, 2.75) is 64.0 Å². The van der Waals surface area contributed by atoms with Crippen LogP contribution in [0.15, 0.2) is 36.4 Å². The summed E-state index contributed by atoms with van der Waals surface area (Å²) in [4.78, 5) is 31.1. The van der Waals surface area contributed by atoms with E-state index in [9.17, 15) is 40.3 Å². The van der Waals surface area contributed by atoms with E-state index in [-0.39, 0.29) is 23.6 Å². The van der Waals surface area contributed by atoms with Crippen LogP contribution in [-0.4, -0.2) is 65.8 Å². The lowest BCUT2D eigenvalue weighted by molar-refractivity contribution is -0.143. The molecule has 0 saturated carbocycles. The van der Waals surface area contributed by atoms with Gasteiger partial charge in [0.25, 0.3) is 0 Å². The van der Waals surface area contributed by atoms with E-state index in [1.165, 1.54) is 31.0 Å². The number of alkyl halides is 6. The van der Waals surface area contributed by atoms with Gasteiger partial charge in [0.1, 0.15) is 5.82 Å². The van der Waals surface area contributed by atoms with Crippen LogP contribution < -0.4 is 0 Å². The molecule has 2 heterocycles. The molecule has 2 aromatic carbocycles. The van der Waals surface area contributed by atoms with Gasteiger partial charge in [-0.3, -0.25) is 14.5 Å². The average molecular weight is 602 g/mol. The number of nitrogens with zero attached hydrogens (tertiary/aromatic N) is 3. The van der Waals surface area contributed by atoms with Crippen LogP contribution >= 0.6 is 0 Å². The van der Waals surface area contributed by atoms with Crippen LogP contribution in [0.3, 0.4) is 0 Å². The van der Waals surface area contributed by atoms with Gasteiger partial charge in [0, 0.05) is 51.0 Å². The fourth-order valence-corrected chi connectivity index (χ4v) is 5.98. The molecule has 0 bridgehead atoms. The van der Waals surface area contributed by atoms with Gasteiger partial charge in [-0.05, 0) is 73.8 Å². The molecule has 2 amide bonds. The van der Waals surface area contributed by atoms with Crippen molar-refractivity contribution in [1.82, 2.24) is 14.7 Å². The number of aryl methyl sites for hydroxylation is 1. The Morgan fingerprint density at radius 3 is 2.10 bits per heavy atom. The van der Waals surface area contributed by atoms with E-state index in [0.717, 1.165) is 5.56 Å². The normalized spacial score (nSPS) is 21.2. The largest absolute Gasteiger partial charge is 0.416 e. The Hall–Kier alpha value is -3.15. The van der Waals surface area contributed by atoms with Crippen molar-refractivity contribution in [3.8, 4) is 0 Å². The highest BCUT2D eigenvalue weighted by Crippen LogP contribution is 2.41. The number of carbonyl (C=O) groups excluding carboxylic acids is 2. The summed E-state index contributed by atoms with van der Waals surface area (Å²) < 4.78 is 94.8. The summed E-state index contributed by atoms with van der Waals surface area (Å²) in [7, 11) is 1.38. The second kappa shape index (κ2) is 11.9.